The molecule has 6 nitrogen and oxygen atoms in total. The van der Waals surface area contributed by atoms with E-state index in [4.69, 9.17) is 9.84 Å². The molecule has 0 radical (unpaired) electrons. The van der Waals surface area contributed by atoms with Crippen LogP contribution in [0.5, 0.6) is 0 Å². The van der Waals surface area contributed by atoms with E-state index in [0.29, 0.717) is 24.3 Å². The Hall–Kier alpha value is -2.67. The number of aryl methyl sites for hydroxylation is 1. The molecule has 7 heteroatoms. The van der Waals surface area contributed by atoms with Gasteiger partial charge in [0.25, 0.3) is 5.91 Å². The van der Waals surface area contributed by atoms with Gasteiger partial charge in [-0.25, -0.2) is 4.39 Å². The fourth-order valence-electron chi connectivity index (χ4n) is 3.47. The predicted molar refractivity (Wildman–Crippen MR) is 93.1 cm³/mol. The summed E-state index contributed by atoms with van der Waals surface area (Å²) in [6, 6.07) is 7.77. The lowest BCUT2D eigenvalue weighted by Gasteiger charge is -2.27. The molecular weight excluding hydrogens is 339 g/mol. The van der Waals surface area contributed by atoms with Gasteiger partial charge in [0.2, 0.25) is 0 Å². The molecule has 2 heterocycles. The summed E-state index contributed by atoms with van der Waals surface area (Å²) in [4.78, 5) is 24.0. The Kier molecular flexibility index (Phi) is 4.82. The average molecular weight is 360 g/mol. The number of aromatic nitrogens is 1. The molecule has 2 aromatic rings. The molecule has 0 aliphatic carbocycles. The SMILES string of the molecule is Cc1cc(C(=O)NC2(CC(=O)O)CCOC2)c(C)n1-c1ccc(F)cc1. The molecule has 0 saturated carbocycles. The van der Waals surface area contributed by atoms with Gasteiger partial charge in [-0.3, -0.25) is 9.59 Å². The lowest BCUT2D eigenvalue weighted by molar-refractivity contribution is -0.138. The van der Waals surface area contributed by atoms with E-state index in [1.54, 1.807) is 25.1 Å². The minimum Gasteiger partial charge on any atom is -0.481 e. The average Bonchev–Trinajstić information content (AvgIpc) is 3.12. The van der Waals surface area contributed by atoms with Crippen molar-refractivity contribution < 1.29 is 23.8 Å². The Morgan fingerprint density at radius 2 is 2.00 bits per heavy atom. The van der Waals surface area contributed by atoms with Crippen LogP contribution in [0.2, 0.25) is 0 Å². The Morgan fingerprint density at radius 3 is 2.58 bits per heavy atom. The number of carbonyl (C=O) groups excluding carboxylic acids is 1. The number of carbonyl (C=O) groups is 2. The number of rotatable bonds is 5. The molecule has 1 atom stereocenters. The smallest absolute Gasteiger partial charge is 0.305 e. The first-order valence-corrected chi connectivity index (χ1v) is 8.38. The van der Waals surface area contributed by atoms with E-state index in [9.17, 15) is 14.0 Å². The van der Waals surface area contributed by atoms with E-state index >= 15 is 0 Å². The molecule has 1 aliphatic heterocycles. The van der Waals surface area contributed by atoms with Crippen LogP contribution in [0.25, 0.3) is 5.69 Å². The summed E-state index contributed by atoms with van der Waals surface area (Å²) in [5.74, 6) is -1.64. The number of amides is 1. The number of nitrogens with one attached hydrogen (secondary N) is 1. The molecular formula is C19H21FN2O4. The van der Waals surface area contributed by atoms with Crippen LogP contribution in [0.15, 0.2) is 30.3 Å². The van der Waals surface area contributed by atoms with Gasteiger partial charge in [-0.2, -0.15) is 0 Å². The lowest BCUT2D eigenvalue weighted by atomic mass is 9.93. The van der Waals surface area contributed by atoms with Crippen molar-refractivity contribution in [2.45, 2.75) is 32.2 Å². The molecule has 1 fully saturated rings. The van der Waals surface area contributed by atoms with Crippen LogP contribution in [0.3, 0.4) is 0 Å². The van der Waals surface area contributed by atoms with E-state index in [1.165, 1.54) is 12.1 Å². The number of hydrogen-bond donors (Lipinski definition) is 2. The van der Waals surface area contributed by atoms with Crippen LogP contribution in [0.1, 0.15) is 34.6 Å². The van der Waals surface area contributed by atoms with Gasteiger partial charge in [-0.05, 0) is 50.6 Å². The summed E-state index contributed by atoms with van der Waals surface area (Å²) in [5.41, 5.74) is 1.86. The zero-order valence-electron chi connectivity index (χ0n) is 14.7. The van der Waals surface area contributed by atoms with Crippen LogP contribution in [0, 0.1) is 19.7 Å². The van der Waals surface area contributed by atoms with Crippen LogP contribution in [-0.2, 0) is 9.53 Å². The largest absolute Gasteiger partial charge is 0.481 e. The van der Waals surface area contributed by atoms with Gasteiger partial charge in [0.15, 0.2) is 0 Å². The quantitative estimate of drug-likeness (QED) is 0.859. The van der Waals surface area contributed by atoms with Crippen LogP contribution in [-0.4, -0.2) is 40.3 Å². The first kappa shape index (κ1) is 18.1. The first-order chi connectivity index (χ1) is 12.3. The lowest BCUT2D eigenvalue weighted by Crippen LogP contribution is -2.50. The van der Waals surface area contributed by atoms with Gasteiger partial charge in [0.1, 0.15) is 5.82 Å². The second-order valence-electron chi connectivity index (χ2n) is 6.70. The molecule has 0 bridgehead atoms. The number of nitrogens with zero attached hydrogens (tertiary/aromatic N) is 1. The summed E-state index contributed by atoms with van der Waals surface area (Å²) >= 11 is 0. The summed E-state index contributed by atoms with van der Waals surface area (Å²) in [7, 11) is 0. The fraction of sp³-hybridized carbons (Fsp3) is 0.368. The number of hydrogen-bond acceptors (Lipinski definition) is 3. The number of halogens is 1. The third-order valence-electron chi connectivity index (χ3n) is 4.73. The molecule has 1 amide bonds. The zero-order valence-corrected chi connectivity index (χ0v) is 14.7. The monoisotopic (exact) mass is 360 g/mol. The highest BCUT2D eigenvalue weighted by Crippen LogP contribution is 2.26. The minimum atomic E-state index is -0.979. The van der Waals surface area contributed by atoms with E-state index in [1.807, 2.05) is 11.5 Å². The van der Waals surface area contributed by atoms with Crippen molar-refractivity contribution >= 4 is 11.9 Å². The van der Waals surface area contributed by atoms with E-state index in [-0.39, 0.29) is 24.8 Å². The highest BCUT2D eigenvalue weighted by atomic mass is 19.1. The molecule has 1 unspecified atom stereocenters. The summed E-state index contributed by atoms with van der Waals surface area (Å²) in [6.07, 6.45) is 0.275. The second-order valence-corrected chi connectivity index (χ2v) is 6.70. The topological polar surface area (TPSA) is 80.6 Å². The van der Waals surface area contributed by atoms with Crippen molar-refractivity contribution in [1.29, 1.82) is 0 Å². The molecule has 1 aromatic carbocycles. The Labute approximate surface area is 150 Å². The number of ether oxygens (including phenoxy) is 1. The number of carboxylic acids is 1. The van der Waals surface area contributed by atoms with Crippen molar-refractivity contribution in [3.05, 3.63) is 53.1 Å². The van der Waals surface area contributed by atoms with Gasteiger partial charge in [0.05, 0.1) is 24.1 Å². The van der Waals surface area contributed by atoms with Gasteiger partial charge in [-0.1, -0.05) is 0 Å². The van der Waals surface area contributed by atoms with Crippen molar-refractivity contribution in [2.75, 3.05) is 13.2 Å². The van der Waals surface area contributed by atoms with Crippen molar-refractivity contribution in [3.8, 4) is 5.69 Å². The predicted octanol–water partition coefficient (Wildman–Crippen LogP) is 2.60. The van der Waals surface area contributed by atoms with Gasteiger partial charge >= 0.3 is 5.97 Å². The van der Waals surface area contributed by atoms with Crippen molar-refractivity contribution in [2.24, 2.45) is 0 Å². The summed E-state index contributed by atoms with van der Waals surface area (Å²) in [5, 5.41) is 12.0. The van der Waals surface area contributed by atoms with E-state index < -0.39 is 11.5 Å². The van der Waals surface area contributed by atoms with Crippen LogP contribution in [0.4, 0.5) is 4.39 Å². The fourth-order valence-corrected chi connectivity index (χ4v) is 3.47. The number of carboxylic acid groups (broad SMARTS) is 1. The molecule has 138 valence electrons. The number of aliphatic carboxylic acids is 1. The minimum absolute atomic E-state index is 0.182. The maximum absolute atomic E-state index is 13.2. The third-order valence-corrected chi connectivity index (χ3v) is 4.73. The summed E-state index contributed by atoms with van der Waals surface area (Å²) in [6.45, 7) is 4.27. The molecule has 1 aromatic heterocycles. The molecule has 1 saturated heterocycles. The Morgan fingerprint density at radius 1 is 1.31 bits per heavy atom. The van der Waals surface area contributed by atoms with Gasteiger partial charge < -0.3 is 19.7 Å². The molecule has 26 heavy (non-hydrogen) atoms. The molecule has 2 N–H and O–H groups in total. The maximum Gasteiger partial charge on any atom is 0.305 e. The van der Waals surface area contributed by atoms with E-state index in [0.717, 1.165) is 11.4 Å². The highest BCUT2D eigenvalue weighted by Gasteiger charge is 2.39. The van der Waals surface area contributed by atoms with Crippen molar-refractivity contribution in [1.82, 2.24) is 9.88 Å². The normalized spacial score (nSPS) is 19.5. The standard InChI is InChI=1S/C19H21FN2O4/c1-12-9-16(13(2)22(12)15-5-3-14(20)4-6-15)18(25)21-19(10-17(23)24)7-8-26-11-19/h3-6,9H,7-8,10-11H2,1-2H3,(H,21,25)(H,23,24). The van der Waals surface area contributed by atoms with Gasteiger partial charge in [-0.15, -0.1) is 0 Å². The molecule has 3 rings (SSSR count). The van der Waals surface area contributed by atoms with E-state index in [2.05, 4.69) is 5.32 Å². The number of benzene rings is 1. The first-order valence-electron chi connectivity index (χ1n) is 8.38. The third kappa shape index (κ3) is 3.48. The zero-order chi connectivity index (χ0) is 18.9. The van der Waals surface area contributed by atoms with Crippen LogP contribution >= 0.6 is 0 Å². The summed E-state index contributed by atoms with van der Waals surface area (Å²) < 4.78 is 20.4. The van der Waals surface area contributed by atoms with Gasteiger partial charge in [0, 0.05) is 23.7 Å². The van der Waals surface area contributed by atoms with Crippen LogP contribution < -0.4 is 5.32 Å². The Bertz CT molecular complexity index is 836. The maximum atomic E-state index is 13.2. The van der Waals surface area contributed by atoms with Crippen molar-refractivity contribution in [3.63, 3.8) is 0 Å². The second kappa shape index (κ2) is 6.92. The highest BCUT2D eigenvalue weighted by molar-refractivity contribution is 5.96. The molecule has 1 aliphatic rings. The molecule has 0 spiro atoms. The Balaban J connectivity index is 1.89.